The molecule has 1 atom stereocenters. The Bertz CT molecular complexity index is 618. The van der Waals surface area contributed by atoms with E-state index in [0.29, 0.717) is 24.3 Å². The van der Waals surface area contributed by atoms with E-state index in [1.165, 1.54) is 7.11 Å². The summed E-state index contributed by atoms with van der Waals surface area (Å²) >= 11 is 6.24. The highest BCUT2D eigenvalue weighted by molar-refractivity contribution is 6.33. The topological polar surface area (TPSA) is 43.4 Å². The third-order valence-electron chi connectivity index (χ3n) is 4.06. The number of rotatable bonds is 1. The molecule has 4 heteroatoms. The maximum absolute atomic E-state index is 12.2. The number of methoxy groups -OCH3 is 1. The second-order valence-electron chi connectivity index (χ2n) is 5.05. The van der Waals surface area contributed by atoms with E-state index in [0.717, 1.165) is 16.7 Å². The van der Waals surface area contributed by atoms with E-state index < -0.39 is 5.41 Å². The zero-order valence-electron chi connectivity index (χ0n) is 10.5. The van der Waals surface area contributed by atoms with E-state index in [9.17, 15) is 9.59 Å². The first-order chi connectivity index (χ1) is 9.08. The summed E-state index contributed by atoms with van der Waals surface area (Å²) in [5, 5.41) is 0.587. The monoisotopic (exact) mass is 276 g/mol. The van der Waals surface area contributed by atoms with Crippen LogP contribution in [0.5, 0.6) is 0 Å². The van der Waals surface area contributed by atoms with Crippen molar-refractivity contribution >= 4 is 28.9 Å². The summed E-state index contributed by atoms with van der Waals surface area (Å²) in [5.74, 6) is -0.235. The molecule has 0 aromatic heterocycles. The minimum absolute atomic E-state index is 0.0438. The van der Waals surface area contributed by atoms with Crippen LogP contribution in [0.1, 0.15) is 24.0 Å². The van der Waals surface area contributed by atoms with Crippen LogP contribution in [-0.2, 0) is 20.7 Å². The van der Waals surface area contributed by atoms with Crippen molar-refractivity contribution in [2.24, 2.45) is 5.41 Å². The zero-order valence-corrected chi connectivity index (χ0v) is 11.3. The van der Waals surface area contributed by atoms with Gasteiger partial charge in [0.1, 0.15) is 0 Å². The summed E-state index contributed by atoms with van der Waals surface area (Å²) in [6, 6.07) is 5.61. The second kappa shape index (κ2) is 4.20. The first-order valence-electron chi connectivity index (χ1n) is 6.20. The van der Waals surface area contributed by atoms with Gasteiger partial charge < -0.3 is 4.74 Å². The molecule has 2 aliphatic carbocycles. The Morgan fingerprint density at radius 2 is 2.21 bits per heavy atom. The lowest BCUT2D eigenvalue weighted by atomic mass is 9.72. The molecule has 0 N–H and O–H groups in total. The second-order valence-corrected chi connectivity index (χ2v) is 5.46. The molecule has 0 radical (unpaired) electrons. The smallest absolute Gasteiger partial charge is 0.316 e. The summed E-state index contributed by atoms with van der Waals surface area (Å²) in [6.45, 7) is 0. The predicted octanol–water partition coefficient (Wildman–Crippen LogP) is 2.80. The van der Waals surface area contributed by atoms with Crippen LogP contribution in [0.2, 0.25) is 5.02 Å². The van der Waals surface area contributed by atoms with Gasteiger partial charge in [-0.05, 0) is 36.1 Å². The molecule has 19 heavy (non-hydrogen) atoms. The van der Waals surface area contributed by atoms with Crippen molar-refractivity contribution in [1.29, 1.82) is 0 Å². The number of halogens is 1. The van der Waals surface area contributed by atoms with Gasteiger partial charge in [-0.15, -0.1) is 0 Å². The van der Waals surface area contributed by atoms with Gasteiger partial charge in [-0.25, -0.2) is 0 Å². The van der Waals surface area contributed by atoms with Crippen molar-refractivity contribution < 1.29 is 14.3 Å². The molecule has 0 saturated heterocycles. The van der Waals surface area contributed by atoms with E-state index in [4.69, 9.17) is 16.3 Å². The Kier molecular flexibility index (Phi) is 2.75. The van der Waals surface area contributed by atoms with Crippen molar-refractivity contribution in [1.82, 2.24) is 0 Å². The zero-order chi connectivity index (χ0) is 13.6. The molecule has 98 valence electrons. The number of carbonyl (C=O) groups excluding carboxylic acids is 2. The van der Waals surface area contributed by atoms with Crippen LogP contribution < -0.4 is 0 Å². The Balaban J connectivity index is 2.24. The normalized spacial score (nSPS) is 24.5. The van der Waals surface area contributed by atoms with E-state index >= 15 is 0 Å². The third kappa shape index (κ3) is 1.65. The lowest BCUT2D eigenvalue weighted by Crippen LogP contribution is -2.35. The van der Waals surface area contributed by atoms with Crippen molar-refractivity contribution in [2.75, 3.05) is 7.11 Å². The first kappa shape index (κ1) is 12.4. The summed E-state index contributed by atoms with van der Waals surface area (Å²) < 4.78 is 4.97. The number of allylic oxidation sites excluding steroid dienone is 1. The molecule has 3 rings (SSSR count). The maximum atomic E-state index is 12.2. The SMILES string of the molecule is COC(=O)C12CCC(=O)C=C1c1c(Cl)cccc1C2. The third-order valence-corrected chi connectivity index (χ3v) is 4.37. The molecule has 0 heterocycles. The largest absolute Gasteiger partial charge is 0.468 e. The number of hydrogen-bond donors (Lipinski definition) is 0. The Morgan fingerprint density at radius 3 is 2.95 bits per heavy atom. The number of hydrogen-bond acceptors (Lipinski definition) is 3. The van der Waals surface area contributed by atoms with Gasteiger partial charge >= 0.3 is 5.97 Å². The number of carbonyl (C=O) groups is 2. The van der Waals surface area contributed by atoms with Crippen molar-refractivity contribution in [3.63, 3.8) is 0 Å². The molecule has 0 aliphatic heterocycles. The van der Waals surface area contributed by atoms with Crippen molar-refractivity contribution in [3.8, 4) is 0 Å². The van der Waals surface area contributed by atoms with Crippen LogP contribution >= 0.6 is 11.6 Å². The van der Waals surface area contributed by atoms with Crippen molar-refractivity contribution in [3.05, 3.63) is 40.4 Å². The van der Waals surface area contributed by atoms with Crippen LogP contribution in [0.4, 0.5) is 0 Å². The Labute approximate surface area is 116 Å². The van der Waals surface area contributed by atoms with Crippen molar-refractivity contribution in [2.45, 2.75) is 19.3 Å². The lowest BCUT2D eigenvalue weighted by Gasteiger charge is -2.30. The molecular formula is C15H13ClO3. The van der Waals surface area contributed by atoms with Gasteiger partial charge in [0, 0.05) is 17.0 Å². The highest BCUT2D eigenvalue weighted by Crippen LogP contribution is 2.54. The van der Waals surface area contributed by atoms with Crippen LogP contribution in [0.25, 0.3) is 5.57 Å². The van der Waals surface area contributed by atoms with E-state index in [1.807, 2.05) is 12.1 Å². The molecule has 0 fully saturated rings. The number of fused-ring (bicyclic) bond motifs is 3. The molecule has 1 aromatic rings. The lowest BCUT2D eigenvalue weighted by molar-refractivity contribution is -0.149. The van der Waals surface area contributed by atoms with Gasteiger partial charge in [0.2, 0.25) is 0 Å². The van der Waals surface area contributed by atoms with Gasteiger partial charge in [-0.1, -0.05) is 23.7 Å². The maximum Gasteiger partial charge on any atom is 0.316 e. The average Bonchev–Trinajstić information content (AvgIpc) is 2.74. The van der Waals surface area contributed by atoms with Crippen LogP contribution in [0, 0.1) is 5.41 Å². The fourth-order valence-electron chi connectivity index (χ4n) is 3.16. The molecule has 2 aliphatic rings. The minimum Gasteiger partial charge on any atom is -0.468 e. The number of ether oxygens (including phenoxy) is 1. The molecule has 0 spiro atoms. The minimum atomic E-state index is -0.726. The molecular weight excluding hydrogens is 264 g/mol. The molecule has 0 saturated carbocycles. The summed E-state index contributed by atoms with van der Waals surface area (Å²) in [4.78, 5) is 23.9. The Morgan fingerprint density at radius 1 is 1.42 bits per heavy atom. The quantitative estimate of drug-likeness (QED) is 0.741. The fourth-order valence-corrected chi connectivity index (χ4v) is 3.46. The fraction of sp³-hybridized carbons (Fsp3) is 0.333. The van der Waals surface area contributed by atoms with Crippen LogP contribution in [0.3, 0.4) is 0 Å². The number of esters is 1. The number of benzene rings is 1. The molecule has 0 bridgehead atoms. The van der Waals surface area contributed by atoms with Gasteiger partial charge in [0.05, 0.1) is 12.5 Å². The molecule has 0 amide bonds. The van der Waals surface area contributed by atoms with Gasteiger partial charge in [0.15, 0.2) is 5.78 Å². The summed E-state index contributed by atoms with van der Waals surface area (Å²) in [6.07, 6.45) is 3.01. The summed E-state index contributed by atoms with van der Waals surface area (Å²) in [7, 11) is 1.38. The van der Waals surface area contributed by atoms with E-state index in [2.05, 4.69) is 0 Å². The highest BCUT2D eigenvalue weighted by atomic mass is 35.5. The standard InChI is InChI=1S/C15H13ClO3/c1-19-14(18)15-6-5-10(17)7-11(15)13-9(8-15)3-2-4-12(13)16/h2-4,7H,5-6,8H2,1H3. The van der Waals surface area contributed by atoms with Gasteiger partial charge in [-0.3, -0.25) is 9.59 Å². The van der Waals surface area contributed by atoms with E-state index in [1.54, 1.807) is 12.1 Å². The highest BCUT2D eigenvalue weighted by Gasteiger charge is 2.51. The van der Waals surface area contributed by atoms with Crippen LogP contribution in [-0.4, -0.2) is 18.9 Å². The van der Waals surface area contributed by atoms with Gasteiger partial charge in [-0.2, -0.15) is 0 Å². The summed E-state index contributed by atoms with van der Waals surface area (Å²) in [5.41, 5.74) is 1.85. The Hall–Kier alpha value is -1.61. The van der Waals surface area contributed by atoms with Gasteiger partial charge in [0.25, 0.3) is 0 Å². The molecule has 1 aromatic carbocycles. The van der Waals surface area contributed by atoms with Crippen LogP contribution in [0.15, 0.2) is 24.3 Å². The molecule has 1 unspecified atom stereocenters. The van der Waals surface area contributed by atoms with E-state index in [-0.39, 0.29) is 11.8 Å². The average molecular weight is 277 g/mol. The first-order valence-corrected chi connectivity index (χ1v) is 6.57. The molecule has 3 nitrogen and oxygen atoms in total. The number of ketones is 1. The predicted molar refractivity (Wildman–Crippen MR) is 71.8 cm³/mol.